The van der Waals surface area contributed by atoms with Crippen molar-refractivity contribution in [2.45, 2.75) is 45.8 Å². The van der Waals surface area contributed by atoms with Crippen LogP contribution in [0.25, 0.3) is 0 Å². The third kappa shape index (κ3) is 8.06. The summed E-state index contributed by atoms with van der Waals surface area (Å²) < 4.78 is 28.4. The summed E-state index contributed by atoms with van der Waals surface area (Å²) in [5.74, 6) is 0.762. The maximum absolute atomic E-state index is 11.8. The highest BCUT2D eigenvalue weighted by Gasteiger charge is 2.27. The average Bonchev–Trinajstić information content (AvgIpc) is 2.19. The van der Waals surface area contributed by atoms with Gasteiger partial charge in [0.2, 0.25) is 0 Å². The average molecular weight is 279 g/mol. The molecule has 0 radical (unpaired) electrons. The van der Waals surface area contributed by atoms with Gasteiger partial charge in [-0.2, -0.15) is 0 Å². The quantitative estimate of drug-likeness (QED) is 0.655. The third-order valence-electron chi connectivity index (χ3n) is 2.57. The molecule has 0 saturated carbocycles. The molecular weight excluding hydrogens is 250 g/mol. The van der Waals surface area contributed by atoms with E-state index in [4.69, 9.17) is 4.74 Å². The van der Waals surface area contributed by atoms with Gasteiger partial charge in [-0.15, -0.1) is 0 Å². The summed E-state index contributed by atoms with van der Waals surface area (Å²) in [6.07, 6.45) is 0.919. The Balaban J connectivity index is 3.53. The van der Waals surface area contributed by atoms with Crippen LogP contribution in [0, 0.1) is 5.92 Å². The van der Waals surface area contributed by atoms with Crippen molar-refractivity contribution in [2.75, 3.05) is 32.1 Å². The summed E-state index contributed by atoms with van der Waals surface area (Å²) in [6, 6.07) is 0. The molecule has 0 heterocycles. The van der Waals surface area contributed by atoms with Crippen molar-refractivity contribution in [1.29, 1.82) is 0 Å². The number of ether oxygens (including phenoxy) is 1. The van der Waals surface area contributed by atoms with E-state index in [-0.39, 0.29) is 5.75 Å². The van der Waals surface area contributed by atoms with E-state index in [1.807, 2.05) is 0 Å². The molecule has 0 bridgehead atoms. The van der Waals surface area contributed by atoms with Gasteiger partial charge in [0.1, 0.15) is 0 Å². The molecule has 0 aliphatic carbocycles. The normalized spacial score (nSPS) is 13.2. The van der Waals surface area contributed by atoms with Gasteiger partial charge in [-0.25, -0.2) is 8.42 Å². The van der Waals surface area contributed by atoms with E-state index in [2.05, 4.69) is 19.2 Å². The second kappa shape index (κ2) is 8.12. The number of hydrogen-bond acceptors (Lipinski definition) is 4. The molecule has 0 rings (SSSR count). The van der Waals surface area contributed by atoms with Crippen molar-refractivity contribution >= 4 is 9.84 Å². The molecule has 0 spiro atoms. The molecule has 0 aromatic carbocycles. The van der Waals surface area contributed by atoms with Crippen LogP contribution in [0.1, 0.15) is 41.0 Å². The summed E-state index contributed by atoms with van der Waals surface area (Å²) in [4.78, 5) is 0. The Labute approximate surface area is 112 Å². The number of nitrogens with one attached hydrogen (secondary N) is 1. The smallest absolute Gasteiger partial charge is 0.156 e. The predicted octanol–water partition coefficient (Wildman–Crippen LogP) is 1.85. The lowest BCUT2D eigenvalue weighted by molar-refractivity contribution is 0.108. The molecule has 0 fully saturated rings. The lowest BCUT2D eigenvalue weighted by Gasteiger charge is -2.19. The predicted molar refractivity (Wildman–Crippen MR) is 76.7 cm³/mol. The first kappa shape index (κ1) is 17.9. The minimum Gasteiger partial charge on any atom is -0.381 e. The summed E-state index contributed by atoms with van der Waals surface area (Å²) >= 11 is 0. The number of rotatable bonds is 9. The maximum Gasteiger partial charge on any atom is 0.156 e. The molecule has 0 saturated heterocycles. The van der Waals surface area contributed by atoms with Gasteiger partial charge in [-0.1, -0.05) is 13.8 Å². The van der Waals surface area contributed by atoms with Gasteiger partial charge >= 0.3 is 0 Å². The first-order valence-corrected chi connectivity index (χ1v) is 8.33. The van der Waals surface area contributed by atoms with Gasteiger partial charge < -0.3 is 10.1 Å². The minimum absolute atomic E-state index is 0.198. The molecule has 0 aliphatic rings. The monoisotopic (exact) mass is 279 g/mol. The second-order valence-corrected chi connectivity index (χ2v) is 8.87. The van der Waals surface area contributed by atoms with Crippen LogP contribution in [0.3, 0.4) is 0 Å². The molecule has 0 aliphatic heterocycles. The van der Waals surface area contributed by atoms with Crippen LogP contribution in [-0.2, 0) is 14.6 Å². The van der Waals surface area contributed by atoms with Crippen molar-refractivity contribution in [3.8, 4) is 0 Å². The Hall–Kier alpha value is -0.130. The zero-order valence-corrected chi connectivity index (χ0v) is 13.3. The molecular formula is C13H29NO3S. The first-order chi connectivity index (χ1) is 8.17. The SMILES string of the molecule is CC(C)COCCCNCCS(=O)(=O)C(C)(C)C. The standard InChI is InChI=1S/C13H29NO3S/c1-12(2)11-17-9-6-7-14-8-10-18(15,16)13(3,4)5/h12,14H,6-11H2,1-5H3. The molecule has 0 amide bonds. The lowest BCUT2D eigenvalue weighted by Crippen LogP contribution is -2.35. The highest BCUT2D eigenvalue weighted by molar-refractivity contribution is 7.92. The van der Waals surface area contributed by atoms with E-state index in [0.717, 1.165) is 26.2 Å². The molecule has 5 heteroatoms. The van der Waals surface area contributed by atoms with Gasteiger partial charge in [0.25, 0.3) is 0 Å². The zero-order chi connectivity index (χ0) is 14.2. The number of sulfone groups is 1. The molecule has 0 unspecified atom stereocenters. The van der Waals surface area contributed by atoms with Crippen LogP contribution in [-0.4, -0.2) is 45.2 Å². The van der Waals surface area contributed by atoms with Gasteiger partial charge in [-0.3, -0.25) is 0 Å². The molecule has 18 heavy (non-hydrogen) atoms. The minimum atomic E-state index is -3.00. The van der Waals surface area contributed by atoms with Crippen LogP contribution in [0.2, 0.25) is 0 Å². The van der Waals surface area contributed by atoms with Crippen molar-refractivity contribution in [2.24, 2.45) is 5.92 Å². The number of hydrogen-bond donors (Lipinski definition) is 1. The summed E-state index contributed by atoms with van der Waals surface area (Å²) in [5.41, 5.74) is 0. The second-order valence-electron chi connectivity index (χ2n) is 6.00. The molecule has 1 N–H and O–H groups in total. The van der Waals surface area contributed by atoms with Crippen molar-refractivity contribution in [1.82, 2.24) is 5.32 Å². The van der Waals surface area contributed by atoms with Gasteiger partial charge in [0.05, 0.1) is 10.5 Å². The van der Waals surface area contributed by atoms with E-state index in [0.29, 0.717) is 12.5 Å². The fourth-order valence-electron chi connectivity index (χ4n) is 1.26. The van der Waals surface area contributed by atoms with Crippen LogP contribution in [0.5, 0.6) is 0 Å². The summed E-state index contributed by atoms with van der Waals surface area (Å²) in [7, 11) is -3.00. The molecule has 110 valence electrons. The molecule has 0 aromatic heterocycles. The fourth-order valence-corrected chi connectivity index (χ4v) is 2.28. The van der Waals surface area contributed by atoms with E-state index >= 15 is 0 Å². The van der Waals surface area contributed by atoms with E-state index in [9.17, 15) is 8.42 Å². The lowest BCUT2D eigenvalue weighted by atomic mass is 10.2. The van der Waals surface area contributed by atoms with Gasteiger partial charge in [0, 0.05) is 19.8 Å². The van der Waals surface area contributed by atoms with Crippen molar-refractivity contribution < 1.29 is 13.2 Å². The van der Waals surface area contributed by atoms with E-state index < -0.39 is 14.6 Å². The molecule has 0 atom stereocenters. The Morgan fingerprint density at radius 2 is 1.78 bits per heavy atom. The van der Waals surface area contributed by atoms with Gasteiger partial charge in [-0.05, 0) is 39.7 Å². The van der Waals surface area contributed by atoms with E-state index in [1.165, 1.54) is 0 Å². The van der Waals surface area contributed by atoms with Crippen LogP contribution in [0.4, 0.5) is 0 Å². The summed E-state index contributed by atoms with van der Waals surface area (Å²) in [5, 5.41) is 3.14. The Bertz CT molecular complexity index is 305. The van der Waals surface area contributed by atoms with Crippen LogP contribution in [0.15, 0.2) is 0 Å². The van der Waals surface area contributed by atoms with Crippen LogP contribution < -0.4 is 5.32 Å². The Kier molecular flexibility index (Phi) is 8.06. The van der Waals surface area contributed by atoms with E-state index in [1.54, 1.807) is 20.8 Å². The fraction of sp³-hybridized carbons (Fsp3) is 1.00. The first-order valence-electron chi connectivity index (χ1n) is 6.67. The maximum atomic E-state index is 11.8. The summed E-state index contributed by atoms with van der Waals surface area (Å²) in [6.45, 7) is 12.3. The Morgan fingerprint density at radius 1 is 1.17 bits per heavy atom. The highest BCUT2D eigenvalue weighted by Crippen LogP contribution is 2.15. The topological polar surface area (TPSA) is 55.4 Å². The molecule has 0 aromatic rings. The molecule has 4 nitrogen and oxygen atoms in total. The van der Waals surface area contributed by atoms with Crippen LogP contribution >= 0.6 is 0 Å². The van der Waals surface area contributed by atoms with Crippen molar-refractivity contribution in [3.63, 3.8) is 0 Å². The highest BCUT2D eigenvalue weighted by atomic mass is 32.2. The Morgan fingerprint density at radius 3 is 2.28 bits per heavy atom. The largest absolute Gasteiger partial charge is 0.381 e. The van der Waals surface area contributed by atoms with Crippen molar-refractivity contribution in [3.05, 3.63) is 0 Å². The zero-order valence-electron chi connectivity index (χ0n) is 12.5. The third-order valence-corrected chi connectivity index (χ3v) is 5.18. The van der Waals surface area contributed by atoms with Gasteiger partial charge in [0.15, 0.2) is 9.84 Å².